The Morgan fingerprint density at radius 1 is 0.857 bits per heavy atom. The Bertz CT molecular complexity index is 1200. The van der Waals surface area contributed by atoms with E-state index in [-0.39, 0.29) is 5.56 Å². The number of rotatable bonds is 5. The first kappa shape index (κ1) is 18.6. The minimum atomic E-state index is -0.151. The van der Waals surface area contributed by atoms with E-state index in [0.29, 0.717) is 28.9 Å². The molecule has 4 rings (SSSR count). The molecule has 0 aliphatic rings. The number of nitrogens with zero attached hydrogens (tertiary/aromatic N) is 1. The molecule has 3 nitrogen and oxygen atoms in total. The van der Waals surface area contributed by atoms with Gasteiger partial charge >= 0.3 is 0 Å². The molecule has 140 valence electrons. The molecule has 0 fully saturated rings. The minimum Gasteiger partial charge on any atom is -0.489 e. The maximum Gasteiger partial charge on any atom is 0.254 e. The molecule has 0 aliphatic heterocycles. The molecule has 4 aromatic rings. The zero-order chi connectivity index (χ0) is 19.5. The van der Waals surface area contributed by atoms with Gasteiger partial charge in [-0.05, 0) is 46.2 Å². The molecule has 0 atom stereocenters. The fourth-order valence-electron chi connectivity index (χ4n) is 3.04. The molecule has 0 spiro atoms. The van der Waals surface area contributed by atoms with E-state index in [0.717, 1.165) is 11.1 Å². The van der Waals surface area contributed by atoms with E-state index in [1.54, 1.807) is 29.0 Å². The van der Waals surface area contributed by atoms with Gasteiger partial charge in [0.1, 0.15) is 12.4 Å². The third-order valence-electron chi connectivity index (χ3n) is 4.54. The highest BCUT2D eigenvalue weighted by Crippen LogP contribution is 2.22. The number of aromatic nitrogens is 1. The van der Waals surface area contributed by atoms with Crippen LogP contribution in [0.1, 0.15) is 11.1 Å². The van der Waals surface area contributed by atoms with Crippen LogP contribution < -0.4 is 10.3 Å². The SMILES string of the molecule is O=c1cc(OCc2ccc3ccccc3c2)ccn1Cc1ccc(Cl)cc1Cl. The molecule has 28 heavy (non-hydrogen) atoms. The summed E-state index contributed by atoms with van der Waals surface area (Å²) >= 11 is 12.1. The maximum absolute atomic E-state index is 12.4. The molecule has 0 amide bonds. The fourth-order valence-corrected chi connectivity index (χ4v) is 3.51. The first-order valence-electron chi connectivity index (χ1n) is 8.83. The van der Waals surface area contributed by atoms with Crippen LogP contribution in [0.3, 0.4) is 0 Å². The summed E-state index contributed by atoms with van der Waals surface area (Å²) in [5, 5.41) is 3.46. The van der Waals surface area contributed by atoms with Gasteiger partial charge in [0.05, 0.1) is 6.54 Å². The van der Waals surface area contributed by atoms with Crippen LogP contribution in [0.15, 0.2) is 83.8 Å². The highest BCUT2D eigenvalue weighted by atomic mass is 35.5. The van der Waals surface area contributed by atoms with Gasteiger partial charge in [-0.2, -0.15) is 0 Å². The molecule has 0 bridgehead atoms. The topological polar surface area (TPSA) is 31.2 Å². The van der Waals surface area contributed by atoms with Gasteiger partial charge in [-0.15, -0.1) is 0 Å². The minimum absolute atomic E-state index is 0.151. The van der Waals surface area contributed by atoms with Crippen molar-refractivity contribution in [3.05, 3.63) is 111 Å². The Balaban J connectivity index is 1.47. The third-order valence-corrected chi connectivity index (χ3v) is 5.13. The lowest BCUT2D eigenvalue weighted by atomic mass is 10.1. The van der Waals surface area contributed by atoms with Crippen molar-refractivity contribution < 1.29 is 4.74 Å². The first-order chi connectivity index (χ1) is 13.6. The van der Waals surface area contributed by atoms with Crippen LogP contribution in [0.4, 0.5) is 0 Å². The summed E-state index contributed by atoms with van der Waals surface area (Å²) in [6.07, 6.45) is 1.71. The first-order valence-corrected chi connectivity index (χ1v) is 9.59. The smallest absolute Gasteiger partial charge is 0.254 e. The van der Waals surface area contributed by atoms with Gasteiger partial charge in [-0.25, -0.2) is 0 Å². The van der Waals surface area contributed by atoms with Crippen LogP contribution >= 0.6 is 23.2 Å². The Kier molecular flexibility index (Phi) is 5.38. The van der Waals surface area contributed by atoms with Crippen molar-refractivity contribution in [2.45, 2.75) is 13.2 Å². The van der Waals surface area contributed by atoms with E-state index in [4.69, 9.17) is 27.9 Å². The van der Waals surface area contributed by atoms with Crippen molar-refractivity contribution in [2.75, 3.05) is 0 Å². The Labute approximate surface area is 172 Å². The predicted molar refractivity (Wildman–Crippen MR) is 115 cm³/mol. The summed E-state index contributed by atoms with van der Waals surface area (Å²) in [5.41, 5.74) is 1.73. The molecular weight excluding hydrogens is 393 g/mol. The summed E-state index contributed by atoms with van der Waals surface area (Å²) in [6, 6.07) is 22.9. The summed E-state index contributed by atoms with van der Waals surface area (Å²) in [6.45, 7) is 0.775. The van der Waals surface area contributed by atoms with Crippen LogP contribution in [0, 0.1) is 0 Å². The number of pyridine rings is 1. The number of fused-ring (bicyclic) bond motifs is 1. The van der Waals surface area contributed by atoms with Gasteiger partial charge in [0, 0.05) is 22.3 Å². The molecule has 0 N–H and O–H groups in total. The van der Waals surface area contributed by atoms with E-state index in [9.17, 15) is 4.79 Å². The van der Waals surface area contributed by atoms with E-state index in [1.807, 2.05) is 24.3 Å². The van der Waals surface area contributed by atoms with Crippen LogP contribution in [-0.4, -0.2) is 4.57 Å². The highest BCUT2D eigenvalue weighted by Gasteiger charge is 2.06. The van der Waals surface area contributed by atoms with Crippen molar-refractivity contribution in [1.29, 1.82) is 0 Å². The average Bonchev–Trinajstić information content (AvgIpc) is 2.70. The van der Waals surface area contributed by atoms with Crippen molar-refractivity contribution in [1.82, 2.24) is 4.57 Å². The molecule has 0 saturated heterocycles. The number of hydrogen-bond donors (Lipinski definition) is 0. The number of benzene rings is 3. The molecule has 0 saturated carbocycles. The molecule has 0 aliphatic carbocycles. The zero-order valence-corrected chi connectivity index (χ0v) is 16.5. The third kappa shape index (κ3) is 4.22. The normalized spacial score (nSPS) is 10.9. The summed E-state index contributed by atoms with van der Waals surface area (Å²) in [4.78, 5) is 12.4. The Morgan fingerprint density at radius 3 is 2.46 bits per heavy atom. The number of halogens is 2. The van der Waals surface area contributed by atoms with E-state index in [1.165, 1.54) is 16.8 Å². The summed E-state index contributed by atoms with van der Waals surface area (Å²) in [5.74, 6) is 0.539. The summed E-state index contributed by atoms with van der Waals surface area (Å²) in [7, 11) is 0. The van der Waals surface area contributed by atoms with Crippen LogP contribution in [0.25, 0.3) is 10.8 Å². The molecule has 1 aromatic heterocycles. The standard InChI is InChI=1S/C23H17Cl2NO2/c24-20-8-7-19(22(25)12-20)14-26-10-9-21(13-23(26)27)28-15-16-5-6-17-3-1-2-4-18(17)11-16/h1-13H,14-15H2. The zero-order valence-electron chi connectivity index (χ0n) is 14.9. The van der Waals surface area contributed by atoms with Crippen molar-refractivity contribution in [2.24, 2.45) is 0 Å². The molecular formula is C23H17Cl2NO2. The fraction of sp³-hybridized carbons (Fsp3) is 0.0870. The van der Waals surface area contributed by atoms with Crippen molar-refractivity contribution in [3.8, 4) is 5.75 Å². The maximum atomic E-state index is 12.4. The lowest BCUT2D eigenvalue weighted by molar-refractivity contribution is 0.305. The molecule has 0 radical (unpaired) electrons. The van der Waals surface area contributed by atoms with Crippen molar-refractivity contribution >= 4 is 34.0 Å². The van der Waals surface area contributed by atoms with Crippen LogP contribution in [0.2, 0.25) is 10.0 Å². The average molecular weight is 410 g/mol. The summed E-state index contributed by atoms with van der Waals surface area (Å²) < 4.78 is 7.39. The quantitative estimate of drug-likeness (QED) is 0.408. The van der Waals surface area contributed by atoms with E-state index in [2.05, 4.69) is 24.3 Å². The van der Waals surface area contributed by atoms with E-state index >= 15 is 0 Å². The Hall–Kier alpha value is -2.75. The number of hydrogen-bond acceptors (Lipinski definition) is 2. The van der Waals surface area contributed by atoms with Gasteiger partial charge in [-0.1, -0.05) is 65.7 Å². The molecule has 0 unspecified atom stereocenters. The molecule has 5 heteroatoms. The number of ether oxygens (including phenoxy) is 1. The van der Waals surface area contributed by atoms with E-state index < -0.39 is 0 Å². The second kappa shape index (κ2) is 8.09. The van der Waals surface area contributed by atoms with Gasteiger partial charge in [0.2, 0.25) is 0 Å². The van der Waals surface area contributed by atoms with Gasteiger partial charge < -0.3 is 9.30 Å². The second-order valence-electron chi connectivity index (χ2n) is 6.53. The largest absolute Gasteiger partial charge is 0.489 e. The van der Waals surface area contributed by atoms with Gasteiger partial charge in [0.15, 0.2) is 0 Å². The lowest BCUT2D eigenvalue weighted by Crippen LogP contribution is -2.19. The second-order valence-corrected chi connectivity index (χ2v) is 7.38. The Morgan fingerprint density at radius 2 is 1.68 bits per heavy atom. The van der Waals surface area contributed by atoms with Gasteiger partial charge in [-0.3, -0.25) is 4.79 Å². The predicted octanol–water partition coefficient (Wildman–Crippen LogP) is 5.94. The van der Waals surface area contributed by atoms with Crippen LogP contribution in [0.5, 0.6) is 5.75 Å². The molecule has 3 aromatic carbocycles. The lowest BCUT2D eigenvalue weighted by Gasteiger charge is -2.10. The molecule has 1 heterocycles. The van der Waals surface area contributed by atoms with Gasteiger partial charge in [0.25, 0.3) is 5.56 Å². The van der Waals surface area contributed by atoms with Crippen LogP contribution in [-0.2, 0) is 13.2 Å². The van der Waals surface area contributed by atoms with Crippen molar-refractivity contribution in [3.63, 3.8) is 0 Å². The highest BCUT2D eigenvalue weighted by molar-refractivity contribution is 6.35. The monoisotopic (exact) mass is 409 g/mol.